The molecule has 21 heavy (non-hydrogen) atoms. The Balaban J connectivity index is 1.84. The average Bonchev–Trinajstić information content (AvgIpc) is 2.97. The van der Waals surface area contributed by atoms with Crippen LogP contribution in [-0.2, 0) is 27.4 Å². The smallest absolute Gasteiger partial charge is 0.108 e. The molecule has 0 aliphatic heterocycles. The van der Waals surface area contributed by atoms with Crippen molar-refractivity contribution in [2.75, 3.05) is 27.4 Å². The summed E-state index contributed by atoms with van der Waals surface area (Å²) in [4.78, 5) is 0. The monoisotopic (exact) mass is 291 g/mol. The third-order valence-electron chi connectivity index (χ3n) is 3.01. The second-order valence-corrected chi connectivity index (χ2v) is 4.73. The highest BCUT2D eigenvalue weighted by atomic mass is 16.5. The van der Waals surface area contributed by atoms with E-state index in [1.165, 1.54) is 0 Å². The lowest BCUT2D eigenvalue weighted by Gasteiger charge is -2.14. The second kappa shape index (κ2) is 8.51. The highest BCUT2D eigenvalue weighted by Gasteiger charge is 2.13. The van der Waals surface area contributed by atoms with Crippen LogP contribution in [0.15, 0.2) is 36.5 Å². The molecule has 0 saturated heterocycles. The maximum Gasteiger partial charge on any atom is 0.108 e. The van der Waals surface area contributed by atoms with Crippen LogP contribution < -0.4 is 0 Å². The molecule has 0 amide bonds. The van der Waals surface area contributed by atoms with Crippen molar-refractivity contribution in [1.29, 1.82) is 0 Å². The number of nitrogens with zero attached hydrogens (tertiary/aromatic N) is 3. The fourth-order valence-corrected chi connectivity index (χ4v) is 1.99. The topological polar surface area (TPSA) is 58.4 Å². The first-order chi connectivity index (χ1) is 10.3. The van der Waals surface area contributed by atoms with Gasteiger partial charge in [0, 0.05) is 14.2 Å². The molecule has 0 saturated carbocycles. The minimum atomic E-state index is 0.0235. The molecule has 6 heteroatoms. The van der Waals surface area contributed by atoms with Crippen molar-refractivity contribution < 1.29 is 14.2 Å². The van der Waals surface area contributed by atoms with Gasteiger partial charge in [-0.25, -0.2) is 4.68 Å². The Kier molecular flexibility index (Phi) is 6.33. The zero-order chi connectivity index (χ0) is 14.9. The van der Waals surface area contributed by atoms with Crippen LogP contribution in [-0.4, -0.2) is 42.4 Å². The van der Waals surface area contributed by atoms with Crippen LogP contribution in [0.4, 0.5) is 0 Å². The summed E-state index contributed by atoms with van der Waals surface area (Å²) >= 11 is 0. The van der Waals surface area contributed by atoms with Gasteiger partial charge < -0.3 is 14.2 Å². The third-order valence-corrected chi connectivity index (χ3v) is 3.01. The molecule has 0 unspecified atom stereocenters. The lowest BCUT2D eigenvalue weighted by molar-refractivity contribution is 0.0828. The van der Waals surface area contributed by atoms with Crippen LogP contribution >= 0.6 is 0 Å². The Bertz CT molecular complexity index is 510. The zero-order valence-corrected chi connectivity index (χ0v) is 12.4. The maximum absolute atomic E-state index is 5.64. The van der Waals surface area contributed by atoms with E-state index in [0.717, 1.165) is 11.3 Å². The van der Waals surface area contributed by atoms with Crippen LogP contribution in [0.3, 0.4) is 0 Å². The molecule has 2 rings (SSSR count). The predicted octanol–water partition coefficient (Wildman–Crippen LogP) is 1.83. The number of ether oxygens (including phenoxy) is 3. The van der Waals surface area contributed by atoms with E-state index in [2.05, 4.69) is 10.3 Å². The summed E-state index contributed by atoms with van der Waals surface area (Å²) in [5.41, 5.74) is 1.93. The molecule has 0 fully saturated rings. The van der Waals surface area contributed by atoms with Crippen molar-refractivity contribution in [3.63, 3.8) is 0 Å². The fourth-order valence-electron chi connectivity index (χ4n) is 1.99. The average molecular weight is 291 g/mol. The molecular formula is C15H21N3O3. The van der Waals surface area contributed by atoms with Crippen molar-refractivity contribution in [3.05, 3.63) is 47.8 Å². The lowest BCUT2D eigenvalue weighted by atomic mass is 10.2. The molecule has 1 heterocycles. The molecular weight excluding hydrogens is 270 g/mol. The summed E-state index contributed by atoms with van der Waals surface area (Å²) in [5, 5.41) is 8.22. The first kappa shape index (κ1) is 15.6. The van der Waals surface area contributed by atoms with Gasteiger partial charge in [-0.1, -0.05) is 35.5 Å². The number of hydrogen-bond donors (Lipinski definition) is 0. The van der Waals surface area contributed by atoms with E-state index < -0.39 is 0 Å². The highest BCUT2D eigenvalue weighted by molar-refractivity contribution is 5.13. The summed E-state index contributed by atoms with van der Waals surface area (Å²) in [5.74, 6) is 0. The van der Waals surface area contributed by atoms with Gasteiger partial charge in [0.1, 0.15) is 11.7 Å². The Morgan fingerprint density at radius 2 is 1.76 bits per heavy atom. The zero-order valence-electron chi connectivity index (χ0n) is 12.4. The largest absolute Gasteiger partial charge is 0.382 e. The molecule has 0 atom stereocenters. The molecule has 0 N–H and O–H groups in total. The molecule has 0 spiro atoms. The van der Waals surface area contributed by atoms with Gasteiger partial charge in [0.05, 0.1) is 32.6 Å². The maximum atomic E-state index is 5.64. The number of aromatic nitrogens is 3. The summed E-state index contributed by atoms with van der Waals surface area (Å²) in [6.07, 6.45) is 1.87. The molecule has 1 aromatic heterocycles. The minimum absolute atomic E-state index is 0.0235. The van der Waals surface area contributed by atoms with Crippen LogP contribution in [0, 0.1) is 0 Å². The van der Waals surface area contributed by atoms with Crippen LogP contribution in [0.25, 0.3) is 0 Å². The van der Waals surface area contributed by atoms with Gasteiger partial charge >= 0.3 is 0 Å². The lowest BCUT2D eigenvalue weighted by Crippen LogP contribution is -2.20. The second-order valence-electron chi connectivity index (χ2n) is 4.73. The Hall–Kier alpha value is -1.76. The summed E-state index contributed by atoms with van der Waals surface area (Å²) in [6, 6.07) is 10.1. The van der Waals surface area contributed by atoms with Crippen molar-refractivity contribution in [2.24, 2.45) is 0 Å². The van der Waals surface area contributed by atoms with Crippen LogP contribution in [0.1, 0.15) is 17.3 Å². The van der Waals surface area contributed by atoms with Gasteiger partial charge in [0.15, 0.2) is 0 Å². The third kappa shape index (κ3) is 4.93. The Labute approximate surface area is 124 Å². The highest BCUT2D eigenvalue weighted by Crippen LogP contribution is 2.08. The van der Waals surface area contributed by atoms with E-state index in [1.54, 1.807) is 18.9 Å². The number of rotatable bonds is 9. The molecule has 114 valence electrons. The van der Waals surface area contributed by atoms with Crippen molar-refractivity contribution in [2.45, 2.75) is 19.3 Å². The van der Waals surface area contributed by atoms with E-state index in [9.17, 15) is 0 Å². The number of hydrogen-bond acceptors (Lipinski definition) is 5. The van der Waals surface area contributed by atoms with E-state index in [4.69, 9.17) is 14.2 Å². The Morgan fingerprint density at radius 1 is 1.05 bits per heavy atom. The van der Waals surface area contributed by atoms with E-state index in [1.807, 2.05) is 36.5 Å². The molecule has 1 aromatic carbocycles. The molecule has 2 aromatic rings. The summed E-state index contributed by atoms with van der Waals surface area (Å²) in [6.45, 7) is 2.05. The summed E-state index contributed by atoms with van der Waals surface area (Å²) < 4.78 is 17.7. The minimum Gasteiger partial charge on any atom is -0.382 e. The predicted molar refractivity (Wildman–Crippen MR) is 77.7 cm³/mol. The van der Waals surface area contributed by atoms with Gasteiger partial charge in [-0.3, -0.25) is 0 Å². The standard InChI is InChI=1S/C15H21N3O3/c1-19-11-15(12-20-2)18-8-14(16-17-18)10-21-9-13-6-4-3-5-7-13/h3-8,15H,9-12H2,1-2H3. The molecule has 0 aliphatic carbocycles. The van der Waals surface area contributed by atoms with Crippen molar-refractivity contribution >= 4 is 0 Å². The normalized spacial score (nSPS) is 11.2. The van der Waals surface area contributed by atoms with E-state index in [0.29, 0.717) is 26.4 Å². The van der Waals surface area contributed by atoms with E-state index in [-0.39, 0.29) is 6.04 Å². The molecule has 0 radical (unpaired) electrons. The quantitative estimate of drug-likeness (QED) is 0.705. The van der Waals surface area contributed by atoms with Crippen LogP contribution in [0.5, 0.6) is 0 Å². The fraction of sp³-hybridized carbons (Fsp3) is 0.467. The molecule has 0 bridgehead atoms. The number of methoxy groups -OCH3 is 2. The Morgan fingerprint density at radius 3 is 2.43 bits per heavy atom. The van der Waals surface area contributed by atoms with Crippen molar-refractivity contribution in [1.82, 2.24) is 15.0 Å². The first-order valence-electron chi connectivity index (χ1n) is 6.83. The summed E-state index contributed by atoms with van der Waals surface area (Å²) in [7, 11) is 3.31. The van der Waals surface area contributed by atoms with Gasteiger partial charge in [-0.15, -0.1) is 5.10 Å². The first-order valence-corrected chi connectivity index (χ1v) is 6.83. The van der Waals surface area contributed by atoms with Crippen LogP contribution in [0.2, 0.25) is 0 Å². The van der Waals surface area contributed by atoms with Gasteiger partial charge in [0.25, 0.3) is 0 Å². The van der Waals surface area contributed by atoms with Gasteiger partial charge in [0.2, 0.25) is 0 Å². The number of benzene rings is 1. The SMILES string of the molecule is COCC(COC)n1cc(COCc2ccccc2)nn1. The molecule has 6 nitrogen and oxygen atoms in total. The van der Waals surface area contributed by atoms with E-state index >= 15 is 0 Å². The van der Waals surface area contributed by atoms with Crippen molar-refractivity contribution in [3.8, 4) is 0 Å². The molecule has 0 aliphatic rings. The van der Waals surface area contributed by atoms with Gasteiger partial charge in [-0.2, -0.15) is 0 Å². The van der Waals surface area contributed by atoms with Gasteiger partial charge in [-0.05, 0) is 5.56 Å².